The van der Waals surface area contributed by atoms with Gasteiger partial charge in [-0.05, 0) is 5.56 Å². The number of aromatic hydroxyl groups is 1. The van der Waals surface area contributed by atoms with Crippen molar-refractivity contribution in [3.05, 3.63) is 48.0 Å². The number of H-pyrrole nitrogens is 1. The maximum atomic E-state index is 11.2. The van der Waals surface area contributed by atoms with Crippen LogP contribution in [0.2, 0.25) is 0 Å². The van der Waals surface area contributed by atoms with Gasteiger partial charge in [-0.15, -0.1) is 0 Å². The third-order valence-electron chi connectivity index (χ3n) is 2.04. The van der Waals surface area contributed by atoms with Crippen LogP contribution in [-0.2, 0) is 11.3 Å². The van der Waals surface area contributed by atoms with Gasteiger partial charge in [-0.3, -0.25) is 4.98 Å². The molecule has 1 aromatic carbocycles. The van der Waals surface area contributed by atoms with E-state index < -0.39 is 6.16 Å². The quantitative estimate of drug-likeness (QED) is 0.798. The van der Waals surface area contributed by atoms with Gasteiger partial charge in [0.25, 0.3) is 0 Å². The summed E-state index contributed by atoms with van der Waals surface area (Å²) < 4.78 is 9.66. The van der Waals surface area contributed by atoms with Crippen molar-refractivity contribution < 1.29 is 19.4 Å². The van der Waals surface area contributed by atoms with Crippen LogP contribution in [0.15, 0.2) is 42.5 Å². The summed E-state index contributed by atoms with van der Waals surface area (Å²) in [5.41, 5.74) is 0.874. The molecule has 0 saturated carbocycles. The van der Waals surface area contributed by atoms with E-state index in [0.717, 1.165) is 5.56 Å². The van der Waals surface area contributed by atoms with E-state index in [2.05, 4.69) is 4.98 Å². The van der Waals surface area contributed by atoms with Gasteiger partial charge < -0.3 is 14.6 Å². The molecule has 0 unspecified atom stereocenters. The fraction of sp³-hybridized carbons (Fsp3) is 0.0833. The van der Waals surface area contributed by atoms with Crippen molar-refractivity contribution in [1.82, 2.24) is 4.98 Å². The fourth-order valence-electron chi connectivity index (χ4n) is 1.26. The van der Waals surface area contributed by atoms with Gasteiger partial charge in [0, 0.05) is 12.1 Å². The number of aromatic amines is 1. The molecule has 0 aliphatic carbocycles. The average Bonchev–Trinajstić information content (AvgIpc) is 2.73. The SMILES string of the molecule is O=C(OCc1ccccc1)Oc1ccc(O)[nH]1. The number of carbonyl (C=O) groups excluding carboxylic acids is 1. The summed E-state index contributed by atoms with van der Waals surface area (Å²) in [6, 6.07) is 12.1. The first-order valence-corrected chi connectivity index (χ1v) is 5.00. The molecule has 17 heavy (non-hydrogen) atoms. The Hall–Kier alpha value is -2.43. The number of aromatic nitrogens is 1. The lowest BCUT2D eigenvalue weighted by Gasteiger charge is -2.04. The lowest BCUT2D eigenvalue weighted by Crippen LogP contribution is -2.10. The maximum absolute atomic E-state index is 11.2. The summed E-state index contributed by atoms with van der Waals surface area (Å²) in [4.78, 5) is 13.7. The van der Waals surface area contributed by atoms with Gasteiger partial charge in [0.05, 0.1) is 0 Å². The summed E-state index contributed by atoms with van der Waals surface area (Å²) >= 11 is 0. The van der Waals surface area contributed by atoms with Gasteiger partial charge in [-0.25, -0.2) is 4.79 Å². The Morgan fingerprint density at radius 1 is 1.18 bits per heavy atom. The van der Waals surface area contributed by atoms with E-state index in [1.165, 1.54) is 12.1 Å². The zero-order chi connectivity index (χ0) is 12.1. The van der Waals surface area contributed by atoms with Crippen LogP contribution < -0.4 is 4.74 Å². The molecule has 5 nitrogen and oxygen atoms in total. The highest BCUT2D eigenvalue weighted by Crippen LogP contribution is 2.15. The van der Waals surface area contributed by atoms with E-state index >= 15 is 0 Å². The Morgan fingerprint density at radius 2 is 1.94 bits per heavy atom. The molecule has 2 N–H and O–H groups in total. The minimum atomic E-state index is -0.823. The molecule has 0 radical (unpaired) electrons. The minimum Gasteiger partial charge on any atom is -0.495 e. The van der Waals surface area contributed by atoms with Gasteiger partial charge in [0.15, 0.2) is 5.88 Å². The second kappa shape index (κ2) is 5.07. The molecule has 0 bridgehead atoms. The van der Waals surface area contributed by atoms with Crippen molar-refractivity contribution in [3.8, 4) is 11.8 Å². The van der Waals surface area contributed by atoms with E-state index in [0.29, 0.717) is 0 Å². The molecule has 5 heteroatoms. The molecule has 1 heterocycles. The molecule has 88 valence electrons. The average molecular weight is 233 g/mol. The Bertz CT molecular complexity index is 492. The minimum absolute atomic E-state index is 0.0733. The van der Waals surface area contributed by atoms with E-state index in [1.807, 2.05) is 30.3 Å². The molecule has 0 spiro atoms. The van der Waals surface area contributed by atoms with Crippen LogP contribution in [0.3, 0.4) is 0 Å². The number of ether oxygens (including phenoxy) is 2. The monoisotopic (exact) mass is 233 g/mol. The van der Waals surface area contributed by atoms with Gasteiger partial charge in [0.2, 0.25) is 5.88 Å². The first-order valence-electron chi connectivity index (χ1n) is 5.00. The summed E-state index contributed by atoms with van der Waals surface area (Å²) in [5.74, 6) is 0.0661. The normalized spacial score (nSPS) is 9.88. The van der Waals surface area contributed by atoms with Crippen LogP contribution in [0.25, 0.3) is 0 Å². The predicted molar refractivity (Wildman–Crippen MR) is 59.7 cm³/mol. The molecular weight excluding hydrogens is 222 g/mol. The highest BCUT2D eigenvalue weighted by Gasteiger charge is 2.07. The zero-order valence-corrected chi connectivity index (χ0v) is 8.92. The van der Waals surface area contributed by atoms with Crippen molar-refractivity contribution in [2.45, 2.75) is 6.61 Å². The van der Waals surface area contributed by atoms with Gasteiger partial charge in [-0.2, -0.15) is 0 Å². The fourth-order valence-corrected chi connectivity index (χ4v) is 1.26. The Labute approximate surface area is 97.6 Å². The van der Waals surface area contributed by atoms with Crippen LogP contribution >= 0.6 is 0 Å². The highest BCUT2D eigenvalue weighted by molar-refractivity contribution is 5.63. The molecule has 0 fully saturated rings. The molecule has 1 aromatic heterocycles. The van der Waals surface area contributed by atoms with E-state index in [1.54, 1.807) is 0 Å². The largest absolute Gasteiger partial charge is 0.515 e. The van der Waals surface area contributed by atoms with Crippen LogP contribution in [-0.4, -0.2) is 16.2 Å². The molecule has 0 aliphatic rings. The second-order valence-electron chi connectivity index (χ2n) is 3.33. The van der Waals surface area contributed by atoms with E-state index in [9.17, 15) is 4.79 Å². The number of hydrogen-bond donors (Lipinski definition) is 2. The van der Waals surface area contributed by atoms with E-state index in [-0.39, 0.29) is 18.4 Å². The summed E-state index contributed by atoms with van der Waals surface area (Å²) in [5, 5.41) is 8.99. The lowest BCUT2D eigenvalue weighted by molar-refractivity contribution is 0.0913. The molecule has 0 aliphatic heterocycles. The standard InChI is InChI=1S/C12H11NO4/c14-10-6-7-11(13-10)17-12(15)16-8-9-4-2-1-3-5-9/h1-7,13-14H,8H2. The number of benzene rings is 1. The Balaban J connectivity index is 1.82. The first kappa shape index (κ1) is 11.1. The van der Waals surface area contributed by atoms with Crippen molar-refractivity contribution in [3.63, 3.8) is 0 Å². The van der Waals surface area contributed by atoms with Crippen molar-refractivity contribution in [1.29, 1.82) is 0 Å². The molecule has 2 aromatic rings. The predicted octanol–water partition coefficient (Wildman–Crippen LogP) is 2.44. The topological polar surface area (TPSA) is 71.6 Å². The van der Waals surface area contributed by atoms with Crippen molar-refractivity contribution >= 4 is 6.16 Å². The van der Waals surface area contributed by atoms with Crippen LogP contribution in [0, 0.1) is 0 Å². The number of hydrogen-bond acceptors (Lipinski definition) is 4. The molecular formula is C12H11NO4. The zero-order valence-electron chi connectivity index (χ0n) is 8.92. The third kappa shape index (κ3) is 3.27. The van der Waals surface area contributed by atoms with Crippen LogP contribution in [0.1, 0.15) is 5.56 Å². The van der Waals surface area contributed by atoms with Crippen LogP contribution in [0.5, 0.6) is 11.8 Å². The van der Waals surface area contributed by atoms with Gasteiger partial charge in [0.1, 0.15) is 6.61 Å². The van der Waals surface area contributed by atoms with Crippen LogP contribution in [0.4, 0.5) is 4.79 Å². The Morgan fingerprint density at radius 3 is 2.59 bits per heavy atom. The second-order valence-corrected chi connectivity index (χ2v) is 3.33. The smallest absolute Gasteiger partial charge is 0.495 e. The summed E-state index contributed by atoms with van der Waals surface area (Å²) in [7, 11) is 0. The van der Waals surface area contributed by atoms with Gasteiger partial charge >= 0.3 is 6.16 Å². The van der Waals surface area contributed by atoms with Crippen molar-refractivity contribution in [2.24, 2.45) is 0 Å². The van der Waals surface area contributed by atoms with Gasteiger partial charge in [-0.1, -0.05) is 30.3 Å². The number of rotatable bonds is 3. The first-order chi connectivity index (χ1) is 8.24. The third-order valence-corrected chi connectivity index (χ3v) is 2.04. The number of carbonyl (C=O) groups is 1. The number of nitrogens with one attached hydrogen (secondary N) is 1. The molecule has 0 saturated heterocycles. The molecule has 2 rings (SSSR count). The maximum Gasteiger partial charge on any atom is 0.515 e. The highest BCUT2D eigenvalue weighted by atomic mass is 16.7. The van der Waals surface area contributed by atoms with E-state index in [4.69, 9.17) is 14.6 Å². The summed E-state index contributed by atoms with van der Waals surface area (Å²) in [6.07, 6.45) is -0.823. The molecule has 0 atom stereocenters. The summed E-state index contributed by atoms with van der Waals surface area (Å²) in [6.45, 7) is 0.145. The lowest BCUT2D eigenvalue weighted by atomic mass is 10.2. The molecule has 0 amide bonds. The van der Waals surface area contributed by atoms with Crippen molar-refractivity contribution in [2.75, 3.05) is 0 Å². The Kier molecular flexibility index (Phi) is 3.30.